The van der Waals surface area contributed by atoms with Crippen molar-refractivity contribution in [3.63, 3.8) is 0 Å². The number of nitrogens with one attached hydrogen (secondary N) is 1. The molecule has 0 saturated heterocycles. The smallest absolute Gasteiger partial charge is 0.184 e. The van der Waals surface area contributed by atoms with Gasteiger partial charge in [-0.2, -0.15) is 0 Å². The summed E-state index contributed by atoms with van der Waals surface area (Å²) >= 11 is 0. The van der Waals surface area contributed by atoms with Gasteiger partial charge in [-0.15, -0.1) is 0 Å². The van der Waals surface area contributed by atoms with Gasteiger partial charge >= 0.3 is 0 Å². The maximum absolute atomic E-state index is 5.72. The van der Waals surface area contributed by atoms with Gasteiger partial charge in [0.1, 0.15) is 12.7 Å². The van der Waals surface area contributed by atoms with E-state index in [9.17, 15) is 0 Å². The van der Waals surface area contributed by atoms with Crippen molar-refractivity contribution in [2.24, 2.45) is 0 Å². The maximum Gasteiger partial charge on any atom is 0.184 e. The second-order valence-electron chi connectivity index (χ2n) is 3.87. The van der Waals surface area contributed by atoms with Gasteiger partial charge in [0.2, 0.25) is 0 Å². The van der Waals surface area contributed by atoms with E-state index >= 15 is 0 Å². The van der Waals surface area contributed by atoms with Crippen LogP contribution < -0.4 is 11.2 Å². The lowest BCUT2D eigenvalue weighted by Gasteiger charge is -2.07. The van der Waals surface area contributed by atoms with Crippen molar-refractivity contribution in [2.75, 3.05) is 11.2 Å². The second kappa shape index (κ2) is 4.33. The molecule has 0 bridgehead atoms. The molecule has 3 rings (SSSR count). The fraction of sp³-hybridized carbons (Fsp3) is 0.0833. The quantitative estimate of drug-likeness (QED) is 0.717. The number of anilines is 1. The summed E-state index contributed by atoms with van der Waals surface area (Å²) in [7, 11) is 0. The largest absolute Gasteiger partial charge is 0.382 e. The Labute approximate surface area is 103 Å². The van der Waals surface area contributed by atoms with Crippen LogP contribution in [-0.2, 0) is 6.54 Å². The lowest BCUT2D eigenvalue weighted by Crippen LogP contribution is -2.13. The summed E-state index contributed by atoms with van der Waals surface area (Å²) in [5, 5.41) is 0. The monoisotopic (exact) mass is 240 g/mol. The summed E-state index contributed by atoms with van der Waals surface area (Å²) in [5.41, 5.74) is 11.4. The van der Waals surface area contributed by atoms with Gasteiger partial charge in [-0.1, -0.05) is 30.3 Å². The number of benzene rings is 1. The standard InChI is InChI=1S/C12H12N6/c13-11-10-12(15-7-14-11)18(8-16-10)17-6-9-4-2-1-3-5-9/h1-5,7-8,17H,6H2,(H2,13,14,15). The Morgan fingerprint density at radius 1 is 1.11 bits per heavy atom. The molecule has 0 unspecified atom stereocenters. The SMILES string of the molecule is Nc1ncnc2c1ncn2NCc1ccccc1. The van der Waals surface area contributed by atoms with Crippen LogP contribution in [0.25, 0.3) is 11.2 Å². The topological polar surface area (TPSA) is 81.7 Å². The number of nitrogens with two attached hydrogens (primary N) is 1. The summed E-state index contributed by atoms with van der Waals surface area (Å²) in [5.74, 6) is 0.389. The van der Waals surface area contributed by atoms with Crippen molar-refractivity contribution in [1.82, 2.24) is 19.6 Å². The first-order valence-corrected chi connectivity index (χ1v) is 5.56. The van der Waals surface area contributed by atoms with Crippen LogP contribution in [0, 0.1) is 0 Å². The van der Waals surface area contributed by atoms with Crippen molar-refractivity contribution in [3.05, 3.63) is 48.5 Å². The average molecular weight is 240 g/mol. The average Bonchev–Trinajstić information content (AvgIpc) is 2.82. The van der Waals surface area contributed by atoms with Crippen LogP contribution in [0.2, 0.25) is 0 Å². The molecule has 1 aromatic carbocycles. The first-order chi connectivity index (χ1) is 8.84. The molecule has 18 heavy (non-hydrogen) atoms. The Kier molecular flexibility index (Phi) is 2.53. The van der Waals surface area contributed by atoms with Crippen LogP contribution in [0.4, 0.5) is 5.82 Å². The van der Waals surface area contributed by atoms with Gasteiger partial charge in [0, 0.05) is 0 Å². The molecule has 2 heterocycles. The highest BCUT2D eigenvalue weighted by Gasteiger charge is 2.06. The highest BCUT2D eigenvalue weighted by atomic mass is 15.4. The Morgan fingerprint density at radius 2 is 1.94 bits per heavy atom. The summed E-state index contributed by atoms with van der Waals surface area (Å²) in [6.07, 6.45) is 3.08. The summed E-state index contributed by atoms with van der Waals surface area (Å²) < 4.78 is 1.75. The highest BCUT2D eigenvalue weighted by molar-refractivity contribution is 5.81. The predicted molar refractivity (Wildman–Crippen MR) is 69.2 cm³/mol. The number of imidazole rings is 1. The summed E-state index contributed by atoms with van der Waals surface area (Å²) in [6, 6.07) is 10.1. The molecule has 0 aliphatic rings. The molecule has 0 atom stereocenters. The normalized spacial score (nSPS) is 10.7. The molecule has 0 aliphatic heterocycles. The van der Waals surface area contributed by atoms with Gasteiger partial charge in [-0.25, -0.2) is 19.6 Å². The minimum atomic E-state index is 0.389. The van der Waals surface area contributed by atoms with E-state index in [2.05, 4.69) is 32.5 Å². The van der Waals surface area contributed by atoms with E-state index in [-0.39, 0.29) is 0 Å². The molecule has 0 amide bonds. The van der Waals surface area contributed by atoms with Gasteiger partial charge in [0.25, 0.3) is 0 Å². The zero-order chi connectivity index (χ0) is 12.4. The van der Waals surface area contributed by atoms with Gasteiger partial charge in [0.05, 0.1) is 6.54 Å². The number of hydrogen-bond donors (Lipinski definition) is 2. The molecule has 6 nitrogen and oxygen atoms in total. The number of rotatable bonds is 3. The number of fused-ring (bicyclic) bond motifs is 1. The first-order valence-electron chi connectivity index (χ1n) is 5.56. The minimum absolute atomic E-state index is 0.389. The Hall–Kier alpha value is -2.63. The van der Waals surface area contributed by atoms with Crippen molar-refractivity contribution in [2.45, 2.75) is 6.54 Å². The van der Waals surface area contributed by atoms with Gasteiger partial charge in [0.15, 0.2) is 17.0 Å². The van der Waals surface area contributed by atoms with E-state index in [1.165, 1.54) is 11.9 Å². The molecule has 0 saturated carbocycles. The van der Waals surface area contributed by atoms with Gasteiger partial charge < -0.3 is 11.2 Å². The van der Waals surface area contributed by atoms with Crippen molar-refractivity contribution in [1.29, 1.82) is 0 Å². The van der Waals surface area contributed by atoms with Crippen molar-refractivity contribution >= 4 is 17.0 Å². The minimum Gasteiger partial charge on any atom is -0.382 e. The van der Waals surface area contributed by atoms with Crippen molar-refractivity contribution < 1.29 is 0 Å². The number of nitrogens with zero attached hydrogens (tertiary/aromatic N) is 4. The van der Waals surface area contributed by atoms with Crippen LogP contribution in [-0.4, -0.2) is 19.6 Å². The van der Waals surface area contributed by atoms with E-state index in [4.69, 9.17) is 5.73 Å². The summed E-state index contributed by atoms with van der Waals surface area (Å²) in [4.78, 5) is 12.2. The molecule has 6 heteroatoms. The maximum atomic E-state index is 5.72. The van der Waals surface area contributed by atoms with Crippen LogP contribution in [0.5, 0.6) is 0 Å². The highest BCUT2D eigenvalue weighted by Crippen LogP contribution is 2.12. The Morgan fingerprint density at radius 3 is 2.78 bits per heavy atom. The number of hydrogen-bond acceptors (Lipinski definition) is 5. The summed E-state index contributed by atoms with van der Waals surface area (Å²) in [6.45, 7) is 0.691. The Balaban J connectivity index is 1.85. The lowest BCUT2D eigenvalue weighted by atomic mass is 10.2. The number of nitrogen functional groups attached to an aromatic ring is 1. The zero-order valence-electron chi connectivity index (χ0n) is 9.61. The van der Waals surface area contributed by atoms with Crippen molar-refractivity contribution in [3.8, 4) is 0 Å². The second-order valence-corrected chi connectivity index (χ2v) is 3.87. The van der Waals surface area contributed by atoms with Crippen LogP contribution in [0.15, 0.2) is 43.0 Å². The molecule has 0 aliphatic carbocycles. The van der Waals surface area contributed by atoms with Gasteiger partial charge in [-0.05, 0) is 5.56 Å². The molecule has 90 valence electrons. The molecule has 0 spiro atoms. The third-order valence-electron chi connectivity index (χ3n) is 2.66. The molecule has 0 radical (unpaired) electrons. The fourth-order valence-electron chi connectivity index (χ4n) is 1.74. The molecule has 3 aromatic rings. The molecule has 3 N–H and O–H groups in total. The van der Waals surface area contributed by atoms with Crippen LogP contribution >= 0.6 is 0 Å². The van der Waals surface area contributed by atoms with E-state index in [0.717, 1.165) is 0 Å². The van der Waals surface area contributed by atoms with E-state index in [1.807, 2.05) is 18.2 Å². The van der Waals surface area contributed by atoms with E-state index in [1.54, 1.807) is 11.0 Å². The predicted octanol–water partition coefficient (Wildman–Crippen LogP) is 1.15. The van der Waals surface area contributed by atoms with Crippen LogP contribution in [0.1, 0.15) is 5.56 Å². The molecular weight excluding hydrogens is 228 g/mol. The first kappa shape index (κ1) is 10.5. The lowest BCUT2D eigenvalue weighted by molar-refractivity contribution is 0.852. The third kappa shape index (κ3) is 1.84. The number of aromatic nitrogens is 4. The zero-order valence-corrected chi connectivity index (χ0v) is 9.61. The fourth-order valence-corrected chi connectivity index (χ4v) is 1.74. The molecule has 2 aromatic heterocycles. The third-order valence-corrected chi connectivity index (χ3v) is 2.66. The van der Waals surface area contributed by atoms with E-state index < -0.39 is 0 Å². The molecular formula is C12H12N6. The van der Waals surface area contributed by atoms with Gasteiger partial charge in [-0.3, -0.25) is 0 Å². The van der Waals surface area contributed by atoms with E-state index in [0.29, 0.717) is 23.5 Å². The Bertz CT molecular complexity index is 661. The van der Waals surface area contributed by atoms with Crippen LogP contribution in [0.3, 0.4) is 0 Å². The molecule has 0 fully saturated rings.